The van der Waals surface area contributed by atoms with Crippen molar-refractivity contribution in [2.45, 2.75) is 64.7 Å². The molecule has 9 aromatic rings. The van der Waals surface area contributed by atoms with Gasteiger partial charge in [-0.25, -0.2) is 4.98 Å². The fourth-order valence-corrected chi connectivity index (χ4v) is 9.32. The molecule has 0 bridgehead atoms. The number of hydrogen-bond acceptors (Lipinski definition) is 4. The SMILES string of the molecule is CC(C)(C)c1cccc(N2CN(c3cccc(Oc4ccc5c6ccccc6n(-c6cc(C(C)(C)c7ccccc7)ccn6)c5c4)c3)c3cc(C(C)(C)c4ccccc4)ccc32)c1. The molecule has 5 nitrogen and oxygen atoms in total. The first kappa shape index (κ1) is 40.0. The van der Waals surface area contributed by atoms with Crippen LogP contribution in [0.3, 0.4) is 0 Å². The molecule has 0 saturated carbocycles. The molecule has 0 amide bonds. The molecule has 5 heteroatoms. The predicted molar refractivity (Wildman–Crippen MR) is 263 cm³/mol. The summed E-state index contributed by atoms with van der Waals surface area (Å²) in [6.45, 7) is 16.7. The van der Waals surface area contributed by atoms with E-state index in [2.05, 4.69) is 245 Å². The maximum absolute atomic E-state index is 6.82. The van der Waals surface area contributed by atoms with Crippen molar-refractivity contribution in [3.8, 4) is 17.3 Å². The van der Waals surface area contributed by atoms with Crippen LogP contribution in [0.2, 0.25) is 0 Å². The molecular weight excluding hydrogens is 769 g/mol. The number of fused-ring (bicyclic) bond motifs is 4. The van der Waals surface area contributed by atoms with E-state index in [1.54, 1.807) is 0 Å². The van der Waals surface area contributed by atoms with E-state index < -0.39 is 0 Å². The van der Waals surface area contributed by atoms with E-state index in [9.17, 15) is 0 Å². The molecule has 1 aliphatic rings. The number of rotatable bonds is 9. The Bertz CT molecular complexity index is 3120. The first-order valence-corrected chi connectivity index (χ1v) is 22.1. The number of nitrogens with zero attached hydrogens (tertiary/aromatic N) is 4. The van der Waals surface area contributed by atoms with Crippen LogP contribution in [0.1, 0.15) is 76.3 Å². The highest BCUT2D eigenvalue weighted by atomic mass is 16.5. The lowest BCUT2D eigenvalue weighted by molar-refractivity contribution is 0.483. The normalized spacial score (nSPS) is 13.2. The van der Waals surface area contributed by atoms with Crippen molar-refractivity contribution in [1.82, 2.24) is 9.55 Å². The van der Waals surface area contributed by atoms with Crippen molar-refractivity contribution >= 4 is 44.6 Å². The van der Waals surface area contributed by atoms with Crippen LogP contribution in [0.4, 0.5) is 22.7 Å². The molecule has 2 aromatic heterocycles. The van der Waals surface area contributed by atoms with Crippen LogP contribution < -0.4 is 14.5 Å². The number of aromatic nitrogens is 2. The van der Waals surface area contributed by atoms with Crippen LogP contribution in [-0.4, -0.2) is 16.2 Å². The molecule has 0 radical (unpaired) electrons. The van der Waals surface area contributed by atoms with Crippen LogP contribution in [-0.2, 0) is 16.2 Å². The fraction of sp³-hybridized carbons (Fsp3) is 0.190. The molecule has 3 heterocycles. The Labute approximate surface area is 371 Å². The quantitative estimate of drug-likeness (QED) is 0.145. The maximum atomic E-state index is 6.82. The number of para-hydroxylation sites is 1. The van der Waals surface area contributed by atoms with Gasteiger partial charge in [0.05, 0.1) is 22.4 Å². The van der Waals surface area contributed by atoms with Crippen LogP contribution >= 0.6 is 0 Å². The molecule has 312 valence electrons. The second-order valence-corrected chi connectivity index (χ2v) is 19.0. The van der Waals surface area contributed by atoms with Crippen LogP contribution in [0.15, 0.2) is 188 Å². The van der Waals surface area contributed by atoms with Gasteiger partial charge in [0.25, 0.3) is 0 Å². The predicted octanol–water partition coefficient (Wildman–Crippen LogP) is 15.2. The van der Waals surface area contributed by atoms with Crippen LogP contribution in [0.5, 0.6) is 11.5 Å². The number of anilines is 4. The number of benzene rings is 7. The maximum Gasteiger partial charge on any atom is 0.137 e. The van der Waals surface area contributed by atoms with Crippen molar-refractivity contribution in [3.05, 3.63) is 216 Å². The number of ether oxygens (including phenoxy) is 1. The zero-order chi connectivity index (χ0) is 43.5. The van der Waals surface area contributed by atoms with E-state index in [0.29, 0.717) is 6.67 Å². The zero-order valence-electron chi connectivity index (χ0n) is 37.3. The second kappa shape index (κ2) is 15.4. The molecule has 0 fully saturated rings. The highest BCUT2D eigenvalue weighted by Crippen LogP contribution is 2.48. The summed E-state index contributed by atoms with van der Waals surface area (Å²) in [4.78, 5) is 9.84. The topological polar surface area (TPSA) is 33.5 Å². The van der Waals surface area contributed by atoms with Gasteiger partial charge in [0.2, 0.25) is 0 Å². The standard InChI is InChI=1S/C58H54N4O/c1-56(2,3)42-22-16-23-45(34-42)60-39-61(54-35-43(28-31-52(54)60)57(4,5)40-18-10-8-11-19-40)46-24-17-25-47(37-46)63-48-29-30-50-49-26-14-15-27-51(49)62(53(50)38-48)55-36-44(32-33-59-55)58(6,7)41-20-12-9-13-21-41/h8-38H,39H2,1-7H3. The Morgan fingerprint density at radius 1 is 0.429 bits per heavy atom. The molecule has 0 saturated heterocycles. The smallest absolute Gasteiger partial charge is 0.137 e. The van der Waals surface area contributed by atoms with Gasteiger partial charge in [-0.1, -0.05) is 152 Å². The molecule has 0 atom stereocenters. The van der Waals surface area contributed by atoms with Crippen molar-refractivity contribution in [1.29, 1.82) is 0 Å². The van der Waals surface area contributed by atoms with Gasteiger partial charge in [-0.15, -0.1) is 0 Å². The van der Waals surface area contributed by atoms with Gasteiger partial charge in [-0.3, -0.25) is 4.57 Å². The molecule has 63 heavy (non-hydrogen) atoms. The van der Waals surface area contributed by atoms with E-state index in [4.69, 9.17) is 9.72 Å². The molecule has 0 N–H and O–H groups in total. The van der Waals surface area contributed by atoms with Crippen molar-refractivity contribution < 1.29 is 4.74 Å². The fourth-order valence-electron chi connectivity index (χ4n) is 9.32. The van der Waals surface area contributed by atoms with Gasteiger partial charge >= 0.3 is 0 Å². The summed E-state index contributed by atoms with van der Waals surface area (Å²) in [5, 5.41) is 2.33. The lowest BCUT2D eigenvalue weighted by atomic mass is 9.78. The lowest BCUT2D eigenvalue weighted by Crippen LogP contribution is -2.24. The van der Waals surface area contributed by atoms with E-state index in [0.717, 1.165) is 39.4 Å². The first-order chi connectivity index (χ1) is 30.4. The highest BCUT2D eigenvalue weighted by Gasteiger charge is 2.32. The van der Waals surface area contributed by atoms with E-state index in [1.165, 1.54) is 50.3 Å². The van der Waals surface area contributed by atoms with E-state index >= 15 is 0 Å². The highest BCUT2D eigenvalue weighted by molar-refractivity contribution is 6.09. The van der Waals surface area contributed by atoms with Crippen molar-refractivity contribution in [2.75, 3.05) is 16.5 Å². The minimum Gasteiger partial charge on any atom is -0.457 e. The summed E-state index contributed by atoms with van der Waals surface area (Å²) in [6.07, 6.45) is 1.94. The van der Waals surface area contributed by atoms with E-state index in [1.807, 2.05) is 6.20 Å². The van der Waals surface area contributed by atoms with Gasteiger partial charge in [0.15, 0.2) is 0 Å². The van der Waals surface area contributed by atoms with E-state index in [-0.39, 0.29) is 16.2 Å². The number of pyridine rings is 1. The Balaban J connectivity index is 1.03. The monoisotopic (exact) mass is 822 g/mol. The molecule has 0 aliphatic carbocycles. The zero-order valence-corrected chi connectivity index (χ0v) is 37.3. The van der Waals surface area contributed by atoms with Gasteiger partial charge in [0, 0.05) is 51.3 Å². The van der Waals surface area contributed by atoms with Gasteiger partial charge in [-0.05, 0) is 100.0 Å². The Morgan fingerprint density at radius 3 is 1.73 bits per heavy atom. The minimum absolute atomic E-state index is 0.0324. The summed E-state index contributed by atoms with van der Waals surface area (Å²) < 4.78 is 9.10. The van der Waals surface area contributed by atoms with Gasteiger partial charge < -0.3 is 14.5 Å². The second-order valence-electron chi connectivity index (χ2n) is 19.0. The minimum atomic E-state index is -0.208. The molecule has 1 aliphatic heterocycles. The molecule has 0 unspecified atom stereocenters. The molecule has 10 rings (SSSR count). The average Bonchev–Trinajstić information content (AvgIpc) is 3.85. The van der Waals surface area contributed by atoms with Crippen LogP contribution in [0, 0.1) is 0 Å². The summed E-state index contributed by atoms with van der Waals surface area (Å²) in [5.74, 6) is 2.41. The van der Waals surface area contributed by atoms with Crippen molar-refractivity contribution in [3.63, 3.8) is 0 Å². The summed E-state index contributed by atoms with van der Waals surface area (Å²) >= 11 is 0. The summed E-state index contributed by atoms with van der Waals surface area (Å²) in [7, 11) is 0. The molecule has 7 aromatic carbocycles. The van der Waals surface area contributed by atoms with Gasteiger partial charge in [-0.2, -0.15) is 0 Å². The summed E-state index contributed by atoms with van der Waals surface area (Å²) in [5.41, 5.74) is 12.7. The number of hydrogen-bond donors (Lipinski definition) is 0. The molecular formula is C58H54N4O. The molecule has 0 spiro atoms. The third kappa shape index (κ3) is 7.21. The summed E-state index contributed by atoms with van der Waals surface area (Å²) in [6, 6.07) is 65.4. The lowest BCUT2D eigenvalue weighted by Gasteiger charge is -2.28. The Hall–Kier alpha value is -7.11. The average molecular weight is 823 g/mol. The third-order valence-electron chi connectivity index (χ3n) is 13.3. The third-order valence-corrected chi connectivity index (χ3v) is 13.3. The Kier molecular flexibility index (Phi) is 9.75. The van der Waals surface area contributed by atoms with Crippen molar-refractivity contribution in [2.24, 2.45) is 0 Å². The van der Waals surface area contributed by atoms with Gasteiger partial charge in [0.1, 0.15) is 24.0 Å². The van der Waals surface area contributed by atoms with Crippen LogP contribution in [0.25, 0.3) is 27.6 Å². The Morgan fingerprint density at radius 2 is 1.02 bits per heavy atom. The first-order valence-electron chi connectivity index (χ1n) is 22.1. The largest absolute Gasteiger partial charge is 0.457 e.